The molecule has 1 heteroatoms. The van der Waals surface area contributed by atoms with Gasteiger partial charge in [0.15, 0.2) is 0 Å². The summed E-state index contributed by atoms with van der Waals surface area (Å²) in [5.74, 6) is 2.23. The first kappa shape index (κ1) is 33.5. The van der Waals surface area contributed by atoms with Crippen LogP contribution >= 0.6 is 0 Å². The maximum atomic E-state index is 2.64. The Labute approximate surface area is 328 Å². The molecule has 5 aliphatic rings. The second-order valence-corrected chi connectivity index (χ2v) is 17.7. The number of hydrogen-bond donors (Lipinski definition) is 0. The largest absolute Gasteiger partial charge is 0.310 e. The van der Waals surface area contributed by atoms with Crippen LogP contribution in [0.2, 0.25) is 0 Å². The van der Waals surface area contributed by atoms with Gasteiger partial charge in [-0.25, -0.2) is 0 Å². The van der Waals surface area contributed by atoms with E-state index >= 15 is 0 Å². The van der Waals surface area contributed by atoms with Gasteiger partial charge in [-0.15, -0.1) is 0 Å². The van der Waals surface area contributed by atoms with Crippen molar-refractivity contribution in [3.63, 3.8) is 0 Å². The zero-order valence-electron chi connectivity index (χ0n) is 32.4. The third-order valence-corrected chi connectivity index (χ3v) is 15.3. The summed E-state index contributed by atoms with van der Waals surface area (Å²) in [5.41, 5.74) is 18.7. The highest BCUT2D eigenvalue weighted by Gasteiger charge is 2.55. The van der Waals surface area contributed by atoms with Gasteiger partial charge in [0.25, 0.3) is 0 Å². The van der Waals surface area contributed by atoms with E-state index in [1.54, 1.807) is 22.3 Å². The molecule has 6 aromatic rings. The minimum absolute atomic E-state index is 0.0699. The van der Waals surface area contributed by atoms with Crippen LogP contribution in [0.25, 0.3) is 33.4 Å². The van der Waals surface area contributed by atoms with Crippen molar-refractivity contribution in [3.05, 3.63) is 162 Å². The third kappa shape index (κ3) is 4.90. The Morgan fingerprint density at radius 3 is 2.04 bits per heavy atom. The van der Waals surface area contributed by atoms with E-state index in [0.717, 1.165) is 5.92 Å². The van der Waals surface area contributed by atoms with Crippen LogP contribution in [0.4, 0.5) is 17.1 Å². The smallest absolute Gasteiger partial charge is 0.0543 e. The van der Waals surface area contributed by atoms with Gasteiger partial charge in [0.2, 0.25) is 0 Å². The fourth-order valence-corrected chi connectivity index (χ4v) is 13.1. The molecule has 0 saturated heterocycles. The summed E-state index contributed by atoms with van der Waals surface area (Å²) >= 11 is 0. The highest BCUT2D eigenvalue weighted by atomic mass is 15.1. The molecule has 274 valence electrons. The lowest BCUT2D eigenvalue weighted by molar-refractivity contribution is 0.171. The number of hydrogen-bond acceptors (Lipinski definition) is 1. The second kappa shape index (κ2) is 13.1. The van der Waals surface area contributed by atoms with Crippen LogP contribution in [0.15, 0.2) is 140 Å². The van der Waals surface area contributed by atoms with Crippen LogP contribution in [-0.2, 0) is 10.8 Å². The zero-order chi connectivity index (χ0) is 36.6. The van der Waals surface area contributed by atoms with Crippen LogP contribution in [0.5, 0.6) is 0 Å². The van der Waals surface area contributed by atoms with E-state index in [0.29, 0.717) is 11.8 Å². The van der Waals surface area contributed by atoms with Gasteiger partial charge < -0.3 is 4.90 Å². The van der Waals surface area contributed by atoms with Crippen molar-refractivity contribution in [2.24, 2.45) is 17.8 Å². The Balaban J connectivity index is 1.15. The average Bonchev–Trinajstić information content (AvgIpc) is 3.66. The van der Waals surface area contributed by atoms with Gasteiger partial charge in [0.1, 0.15) is 0 Å². The predicted octanol–water partition coefficient (Wildman–Crippen LogP) is 14.9. The molecule has 0 N–H and O–H groups in total. The van der Waals surface area contributed by atoms with Crippen molar-refractivity contribution in [2.45, 2.75) is 94.8 Å². The SMILES string of the molecule is CCC1CCC2CCCC(C2)C12c1ccccc1-c1c(N(c3ccc(-c4ccccc4)cc3)c3ccc4c(c3)C3(CCCCC3)c3ccccc3-4)cccc12. The molecule has 3 fully saturated rings. The Morgan fingerprint density at radius 2 is 1.22 bits per heavy atom. The highest BCUT2D eigenvalue weighted by Crippen LogP contribution is 2.65. The first-order valence-corrected chi connectivity index (χ1v) is 21.6. The molecule has 2 bridgehead atoms. The second-order valence-electron chi connectivity index (χ2n) is 17.7. The van der Waals surface area contributed by atoms with Crippen LogP contribution < -0.4 is 4.90 Å². The molecule has 5 aliphatic carbocycles. The first-order valence-electron chi connectivity index (χ1n) is 21.6. The van der Waals surface area contributed by atoms with E-state index in [9.17, 15) is 0 Å². The molecule has 2 spiro atoms. The van der Waals surface area contributed by atoms with E-state index in [1.807, 2.05) is 0 Å². The molecule has 0 aromatic heterocycles. The molecular formula is C54H53N. The van der Waals surface area contributed by atoms with Gasteiger partial charge in [0, 0.05) is 27.8 Å². The molecule has 0 amide bonds. The van der Waals surface area contributed by atoms with Gasteiger partial charge in [-0.2, -0.15) is 0 Å². The summed E-state index contributed by atoms with van der Waals surface area (Å²) in [4.78, 5) is 2.64. The molecule has 4 atom stereocenters. The summed E-state index contributed by atoms with van der Waals surface area (Å²) in [6.07, 6.45) is 15.9. The zero-order valence-corrected chi connectivity index (χ0v) is 32.4. The number of nitrogens with zero attached hydrogens (tertiary/aromatic N) is 1. The van der Waals surface area contributed by atoms with Crippen molar-refractivity contribution in [1.82, 2.24) is 0 Å². The average molecular weight is 716 g/mol. The monoisotopic (exact) mass is 715 g/mol. The van der Waals surface area contributed by atoms with E-state index in [4.69, 9.17) is 0 Å². The maximum absolute atomic E-state index is 2.64. The lowest BCUT2D eigenvalue weighted by atomic mass is 9.57. The van der Waals surface area contributed by atoms with E-state index in [2.05, 4.69) is 151 Å². The van der Waals surface area contributed by atoms with Crippen LogP contribution in [0.1, 0.15) is 106 Å². The normalized spacial score (nSPS) is 24.1. The number of anilines is 3. The number of benzene rings is 6. The van der Waals surface area contributed by atoms with Crippen molar-refractivity contribution < 1.29 is 0 Å². The summed E-state index contributed by atoms with van der Waals surface area (Å²) in [6.45, 7) is 2.48. The molecule has 3 saturated carbocycles. The fraction of sp³-hybridized carbons (Fsp3) is 0.333. The summed E-state index contributed by atoms with van der Waals surface area (Å²) in [7, 11) is 0. The van der Waals surface area contributed by atoms with Gasteiger partial charge in [-0.05, 0) is 130 Å². The Morgan fingerprint density at radius 1 is 0.527 bits per heavy atom. The van der Waals surface area contributed by atoms with Gasteiger partial charge in [-0.1, -0.05) is 161 Å². The summed E-state index contributed by atoms with van der Waals surface area (Å²) in [6, 6.07) is 54.2. The van der Waals surface area contributed by atoms with Gasteiger partial charge >= 0.3 is 0 Å². The Kier molecular flexibility index (Phi) is 7.98. The van der Waals surface area contributed by atoms with Crippen molar-refractivity contribution in [1.29, 1.82) is 0 Å². The summed E-state index contributed by atoms with van der Waals surface area (Å²) in [5, 5.41) is 0. The molecular weight excluding hydrogens is 663 g/mol. The third-order valence-electron chi connectivity index (χ3n) is 15.3. The lowest BCUT2D eigenvalue weighted by Crippen LogP contribution is -2.42. The van der Waals surface area contributed by atoms with Crippen LogP contribution in [0.3, 0.4) is 0 Å². The van der Waals surface area contributed by atoms with Crippen molar-refractivity contribution in [3.8, 4) is 33.4 Å². The molecule has 0 aliphatic heterocycles. The minimum Gasteiger partial charge on any atom is -0.310 e. The van der Waals surface area contributed by atoms with Crippen molar-refractivity contribution in [2.75, 3.05) is 4.90 Å². The fourth-order valence-electron chi connectivity index (χ4n) is 13.1. The van der Waals surface area contributed by atoms with E-state index in [-0.39, 0.29) is 10.8 Å². The quantitative estimate of drug-likeness (QED) is 0.172. The lowest BCUT2D eigenvalue weighted by Gasteiger charge is -2.46. The first-order chi connectivity index (χ1) is 27.2. The van der Waals surface area contributed by atoms with Gasteiger partial charge in [0.05, 0.1) is 5.69 Å². The molecule has 4 unspecified atom stereocenters. The minimum atomic E-state index is 0.0699. The molecule has 0 heterocycles. The maximum Gasteiger partial charge on any atom is 0.0543 e. The standard InChI is InChI=1S/C54H53N/c1-2-40-28-25-37-15-13-18-41(35-37)54(40)48-22-10-8-20-46(48)52-49(54)23-14-24-51(52)55(42-29-26-39(27-30-42)38-16-5-3-6-17-38)43-31-32-45-44-19-7-9-21-47(44)53(50(45)36-43)33-11-4-12-34-53/h3,5-10,14,16-17,19-24,26-27,29-32,36-37,40-41H,2,4,11-13,15,18,25,28,33-35H2,1H3. The summed E-state index contributed by atoms with van der Waals surface area (Å²) < 4.78 is 0. The molecule has 55 heavy (non-hydrogen) atoms. The number of rotatable bonds is 5. The van der Waals surface area contributed by atoms with Crippen LogP contribution in [0, 0.1) is 17.8 Å². The molecule has 0 radical (unpaired) electrons. The van der Waals surface area contributed by atoms with E-state index in [1.165, 1.54) is 127 Å². The van der Waals surface area contributed by atoms with E-state index < -0.39 is 0 Å². The molecule has 11 rings (SSSR count). The Hall–Kier alpha value is -4.88. The highest BCUT2D eigenvalue weighted by molar-refractivity contribution is 5.96. The number of fused-ring (bicyclic) bond motifs is 13. The molecule has 1 nitrogen and oxygen atoms in total. The topological polar surface area (TPSA) is 3.24 Å². The van der Waals surface area contributed by atoms with Gasteiger partial charge in [-0.3, -0.25) is 0 Å². The Bertz CT molecular complexity index is 2380. The predicted molar refractivity (Wildman–Crippen MR) is 231 cm³/mol. The van der Waals surface area contributed by atoms with Crippen LogP contribution in [-0.4, -0.2) is 0 Å². The van der Waals surface area contributed by atoms with Crippen molar-refractivity contribution >= 4 is 17.1 Å². The molecule has 6 aromatic carbocycles.